The molecule has 1 aromatic heterocycles. The lowest BCUT2D eigenvalue weighted by Crippen LogP contribution is -2.52. The molecule has 1 aliphatic carbocycles. The van der Waals surface area contributed by atoms with E-state index < -0.39 is 0 Å². The average Bonchev–Trinajstić information content (AvgIpc) is 3.07. The Morgan fingerprint density at radius 3 is 2.46 bits per heavy atom. The maximum Gasteiger partial charge on any atom is 0.254 e. The third-order valence-electron chi connectivity index (χ3n) is 5.68. The SMILES string of the molecule is Cc1nc2ccc(C(=O)N3CCN(C(=O)C4CCCCC4)CC3)cc2[nH]1. The summed E-state index contributed by atoms with van der Waals surface area (Å²) in [7, 11) is 0. The number of carbonyl (C=O) groups is 2. The molecule has 1 aliphatic heterocycles. The molecular weight excluding hydrogens is 328 g/mol. The lowest BCUT2D eigenvalue weighted by molar-refractivity contribution is -0.138. The third kappa shape index (κ3) is 3.32. The average molecular weight is 354 g/mol. The normalized spacial score (nSPS) is 19.1. The van der Waals surface area contributed by atoms with Gasteiger partial charge in [0, 0.05) is 37.7 Å². The number of hydrogen-bond acceptors (Lipinski definition) is 3. The predicted molar refractivity (Wildman–Crippen MR) is 99.9 cm³/mol. The highest BCUT2D eigenvalue weighted by Crippen LogP contribution is 2.26. The fourth-order valence-electron chi connectivity index (χ4n) is 4.19. The quantitative estimate of drug-likeness (QED) is 0.901. The number of piperazine rings is 1. The lowest BCUT2D eigenvalue weighted by atomic mass is 9.88. The van der Waals surface area contributed by atoms with Crippen LogP contribution in [0.5, 0.6) is 0 Å². The molecular formula is C20H26N4O2. The number of carbonyl (C=O) groups excluding carboxylic acids is 2. The molecule has 4 rings (SSSR count). The number of aromatic amines is 1. The van der Waals surface area contributed by atoms with Gasteiger partial charge in [0.2, 0.25) is 5.91 Å². The summed E-state index contributed by atoms with van der Waals surface area (Å²) >= 11 is 0. The van der Waals surface area contributed by atoms with Gasteiger partial charge in [-0.1, -0.05) is 19.3 Å². The number of nitrogens with zero attached hydrogens (tertiary/aromatic N) is 3. The fourth-order valence-corrected chi connectivity index (χ4v) is 4.19. The molecule has 1 N–H and O–H groups in total. The van der Waals surface area contributed by atoms with Crippen molar-refractivity contribution in [2.45, 2.75) is 39.0 Å². The highest BCUT2D eigenvalue weighted by atomic mass is 16.2. The second kappa shape index (κ2) is 7.09. The van der Waals surface area contributed by atoms with Crippen molar-refractivity contribution in [1.29, 1.82) is 0 Å². The Hall–Kier alpha value is -2.37. The number of nitrogens with one attached hydrogen (secondary N) is 1. The van der Waals surface area contributed by atoms with Gasteiger partial charge in [0.25, 0.3) is 5.91 Å². The fraction of sp³-hybridized carbons (Fsp3) is 0.550. The van der Waals surface area contributed by atoms with E-state index in [0.717, 1.165) is 29.7 Å². The van der Waals surface area contributed by atoms with Crippen LogP contribution >= 0.6 is 0 Å². The van der Waals surface area contributed by atoms with Gasteiger partial charge in [-0.15, -0.1) is 0 Å². The Kier molecular flexibility index (Phi) is 4.66. The molecule has 6 heteroatoms. The number of imidazole rings is 1. The summed E-state index contributed by atoms with van der Waals surface area (Å²) in [6, 6.07) is 5.59. The van der Waals surface area contributed by atoms with Gasteiger partial charge in [-0.2, -0.15) is 0 Å². The summed E-state index contributed by atoms with van der Waals surface area (Å²) in [5.74, 6) is 1.38. The monoisotopic (exact) mass is 354 g/mol. The summed E-state index contributed by atoms with van der Waals surface area (Å²) in [4.78, 5) is 36.8. The zero-order valence-electron chi connectivity index (χ0n) is 15.3. The van der Waals surface area contributed by atoms with Gasteiger partial charge in [0.05, 0.1) is 11.0 Å². The number of fused-ring (bicyclic) bond motifs is 1. The van der Waals surface area contributed by atoms with E-state index in [-0.39, 0.29) is 11.8 Å². The van der Waals surface area contributed by atoms with E-state index in [4.69, 9.17) is 0 Å². The first-order valence-corrected chi connectivity index (χ1v) is 9.66. The van der Waals surface area contributed by atoms with Crippen molar-refractivity contribution >= 4 is 22.8 Å². The van der Waals surface area contributed by atoms with Gasteiger partial charge >= 0.3 is 0 Å². The molecule has 2 fully saturated rings. The first-order valence-electron chi connectivity index (χ1n) is 9.66. The number of amides is 2. The number of hydrogen-bond donors (Lipinski definition) is 1. The van der Waals surface area contributed by atoms with Crippen molar-refractivity contribution in [3.05, 3.63) is 29.6 Å². The maximum absolute atomic E-state index is 12.8. The van der Waals surface area contributed by atoms with Crippen LogP contribution in [0.4, 0.5) is 0 Å². The van der Waals surface area contributed by atoms with E-state index in [2.05, 4.69) is 9.97 Å². The molecule has 1 aromatic carbocycles. The molecule has 6 nitrogen and oxygen atoms in total. The number of rotatable bonds is 2. The topological polar surface area (TPSA) is 69.3 Å². The van der Waals surface area contributed by atoms with Crippen molar-refractivity contribution in [2.75, 3.05) is 26.2 Å². The van der Waals surface area contributed by atoms with Crippen molar-refractivity contribution in [3.63, 3.8) is 0 Å². The molecule has 2 aliphatic rings. The third-order valence-corrected chi connectivity index (χ3v) is 5.68. The first-order chi connectivity index (χ1) is 12.6. The molecule has 1 saturated heterocycles. The lowest BCUT2D eigenvalue weighted by Gasteiger charge is -2.37. The highest BCUT2D eigenvalue weighted by Gasteiger charge is 2.30. The van der Waals surface area contributed by atoms with Crippen molar-refractivity contribution in [1.82, 2.24) is 19.8 Å². The molecule has 1 saturated carbocycles. The second-order valence-electron chi connectivity index (χ2n) is 7.51. The van der Waals surface area contributed by atoms with Crippen LogP contribution in [-0.2, 0) is 4.79 Å². The molecule has 0 spiro atoms. The van der Waals surface area contributed by atoms with Gasteiger partial charge in [-0.25, -0.2) is 4.98 Å². The van der Waals surface area contributed by atoms with Gasteiger partial charge in [-0.05, 0) is 38.0 Å². The smallest absolute Gasteiger partial charge is 0.254 e. The summed E-state index contributed by atoms with van der Waals surface area (Å²) in [5, 5.41) is 0. The molecule has 2 amide bonds. The van der Waals surface area contributed by atoms with E-state index in [0.29, 0.717) is 37.6 Å². The van der Waals surface area contributed by atoms with Gasteiger partial charge in [-0.3, -0.25) is 9.59 Å². The van der Waals surface area contributed by atoms with E-state index in [1.165, 1.54) is 19.3 Å². The second-order valence-corrected chi connectivity index (χ2v) is 7.51. The molecule has 0 bridgehead atoms. The Bertz CT molecular complexity index is 814. The number of aromatic nitrogens is 2. The van der Waals surface area contributed by atoms with Crippen LogP contribution in [0.3, 0.4) is 0 Å². The molecule has 0 unspecified atom stereocenters. The minimum atomic E-state index is 0.0314. The van der Waals surface area contributed by atoms with Crippen molar-refractivity contribution in [3.8, 4) is 0 Å². The number of H-pyrrole nitrogens is 1. The zero-order valence-corrected chi connectivity index (χ0v) is 15.3. The van der Waals surface area contributed by atoms with Crippen LogP contribution in [0.2, 0.25) is 0 Å². The van der Waals surface area contributed by atoms with Gasteiger partial charge in [0.1, 0.15) is 5.82 Å². The van der Waals surface area contributed by atoms with Crippen molar-refractivity contribution < 1.29 is 9.59 Å². The summed E-state index contributed by atoms with van der Waals surface area (Å²) in [5.41, 5.74) is 2.44. The number of benzene rings is 1. The minimum absolute atomic E-state index is 0.0314. The minimum Gasteiger partial charge on any atom is -0.342 e. The summed E-state index contributed by atoms with van der Waals surface area (Å²) in [6.45, 7) is 4.41. The molecule has 0 radical (unpaired) electrons. The molecule has 2 heterocycles. The first kappa shape index (κ1) is 17.1. The number of aryl methyl sites for hydroxylation is 1. The Labute approximate surface area is 153 Å². The molecule has 0 atom stereocenters. The van der Waals surface area contributed by atoms with E-state index in [9.17, 15) is 9.59 Å². The Morgan fingerprint density at radius 2 is 1.73 bits per heavy atom. The molecule has 26 heavy (non-hydrogen) atoms. The van der Waals surface area contributed by atoms with Crippen LogP contribution in [0.25, 0.3) is 11.0 Å². The highest BCUT2D eigenvalue weighted by molar-refractivity contribution is 5.97. The standard InChI is InChI=1S/C20H26N4O2/c1-14-21-17-8-7-16(13-18(17)22-14)20(26)24-11-9-23(10-12-24)19(25)15-5-3-2-4-6-15/h7-8,13,15H,2-6,9-12H2,1H3,(H,21,22). The van der Waals surface area contributed by atoms with Crippen LogP contribution in [-0.4, -0.2) is 57.8 Å². The van der Waals surface area contributed by atoms with Gasteiger partial charge < -0.3 is 14.8 Å². The van der Waals surface area contributed by atoms with Crippen LogP contribution < -0.4 is 0 Å². The van der Waals surface area contributed by atoms with E-state index >= 15 is 0 Å². The zero-order chi connectivity index (χ0) is 18.1. The van der Waals surface area contributed by atoms with E-state index in [1.807, 2.05) is 34.9 Å². The van der Waals surface area contributed by atoms with Crippen LogP contribution in [0.1, 0.15) is 48.3 Å². The Morgan fingerprint density at radius 1 is 1.04 bits per heavy atom. The maximum atomic E-state index is 12.8. The Balaban J connectivity index is 1.38. The van der Waals surface area contributed by atoms with Gasteiger partial charge in [0.15, 0.2) is 0 Å². The van der Waals surface area contributed by atoms with Crippen LogP contribution in [0.15, 0.2) is 18.2 Å². The van der Waals surface area contributed by atoms with E-state index in [1.54, 1.807) is 0 Å². The molecule has 2 aromatic rings. The van der Waals surface area contributed by atoms with Crippen molar-refractivity contribution in [2.24, 2.45) is 5.92 Å². The summed E-state index contributed by atoms with van der Waals surface area (Å²) in [6.07, 6.45) is 5.66. The summed E-state index contributed by atoms with van der Waals surface area (Å²) < 4.78 is 0. The van der Waals surface area contributed by atoms with Crippen LogP contribution in [0, 0.1) is 12.8 Å². The largest absolute Gasteiger partial charge is 0.342 e. The predicted octanol–water partition coefficient (Wildman–Crippen LogP) is 2.74. The molecule has 138 valence electrons.